The third-order valence-corrected chi connectivity index (χ3v) is 2.94. The summed E-state index contributed by atoms with van der Waals surface area (Å²) in [5, 5.41) is 2.61. The molecule has 0 aromatic heterocycles. The van der Waals surface area contributed by atoms with Crippen molar-refractivity contribution in [3.05, 3.63) is 47.5 Å². The highest BCUT2D eigenvalue weighted by molar-refractivity contribution is 5.88. The van der Waals surface area contributed by atoms with Crippen LogP contribution in [0.15, 0.2) is 36.4 Å². The minimum atomic E-state index is 0.144. The van der Waals surface area contributed by atoms with Gasteiger partial charge in [0.2, 0.25) is 0 Å². The summed E-state index contributed by atoms with van der Waals surface area (Å²) in [5.41, 5.74) is 2.62. The van der Waals surface area contributed by atoms with Crippen molar-refractivity contribution in [1.82, 2.24) is 0 Å². The largest absolute Gasteiger partial charge is 0.101 e. The molecular formula is C17H18. The van der Waals surface area contributed by atoms with Gasteiger partial charge >= 0.3 is 0 Å². The van der Waals surface area contributed by atoms with Gasteiger partial charge in [0.1, 0.15) is 0 Å². The van der Waals surface area contributed by atoms with E-state index in [2.05, 4.69) is 69.0 Å². The van der Waals surface area contributed by atoms with Crippen LogP contribution in [0.4, 0.5) is 0 Å². The van der Waals surface area contributed by atoms with Crippen molar-refractivity contribution >= 4 is 10.8 Å². The number of hydrogen-bond donors (Lipinski definition) is 0. The first-order chi connectivity index (χ1) is 8.02. The third kappa shape index (κ3) is 2.34. The SMILES string of the molecule is CC#Cc1cc(C(C)(C)C)c2ccccc2c1. The average molecular weight is 222 g/mol. The maximum Gasteiger partial charge on any atom is 0.0254 e. The molecule has 0 bridgehead atoms. The van der Waals surface area contributed by atoms with E-state index in [1.165, 1.54) is 16.3 Å². The van der Waals surface area contributed by atoms with Crippen LogP contribution in [0.1, 0.15) is 38.8 Å². The molecule has 0 aliphatic carbocycles. The number of hydrogen-bond acceptors (Lipinski definition) is 0. The molecule has 0 fully saturated rings. The lowest BCUT2D eigenvalue weighted by Crippen LogP contribution is -2.12. The van der Waals surface area contributed by atoms with E-state index in [0.29, 0.717) is 0 Å². The molecule has 0 aliphatic heterocycles. The van der Waals surface area contributed by atoms with Gasteiger partial charge in [-0.2, -0.15) is 0 Å². The zero-order chi connectivity index (χ0) is 12.5. The van der Waals surface area contributed by atoms with Crippen molar-refractivity contribution in [2.24, 2.45) is 0 Å². The molecule has 0 nitrogen and oxygen atoms in total. The molecule has 0 saturated carbocycles. The van der Waals surface area contributed by atoms with Crippen molar-refractivity contribution in [3.8, 4) is 11.8 Å². The Morgan fingerprint density at radius 3 is 2.35 bits per heavy atom. The number of rotatable bonds is 0. The summed E-state index contributed by atoms with van der Waals surface area (Å²) in [7, 11) is 0. The van der Waals surface area contributed by atoms with E-state index in [1.807, 2.05) is 6.92 Å². The highest BCUT2D eigenvalue weighted by atomic mass is 14.2. The van der Waals surface area contributed by atoms with Gasteiger partial charge in [-0.05, 0) is 40.8 Å². The van der Waals surface area contributed by atoms with Gasteiger partial charge in [0.15, 0.2) is 0 Å². The smallest absolute Gasteiger partial charge is 0.0254 e. The minimum absolute atomic E-state index is 0.144. The Hall–Kier alpha value is -1.74. The standard InChI is InChI=1S/C17H18/c1-5-8-13-11-14-9-6-7-10-15(14)16(12-13)17(2,3)4/h6-7,9-12H,1-4H3. The Morgan fingerprint density at radius 2 is 1.71 bits per heavy atom. The van der Waals surface area contributed by atoms with Crippen molar-refractivity contribution in [1.29, 1.82) is 0 Å². The second kappa shape index (κ2) is 4.26. The van der Waals surface area contributed by atoms with Crippen LogP contribution in [0.25, 0.3) is 10.8 Å². The molecule has 2 rings (SSSR count). The van der Waals surface area contributed by atoms with Crippen LogP contribution in [0.3, 0.4) is 0 Å². The van der Waals surface area contributed by atoms with Gasteiger partial charge in [-0.25, -0.2) is 0 Å². The van der Waals surface area contributed by atoms with E-state index in [1.54, 1.807) is 0 Å². The van der Waals surface area contributed by atoms with Gasteiger partial charge in [0.25, 0.3) is 0 Å². The zero-order valence-electron chi connectivity index (χ0n) is 11.0. The van der Waals surface area contributed by atoms with E-state index in [9.17, 15) is 0 Å². The maximum absolute atomic E-state index is 3.16. The summed E-state index contributed by atoms with van der Waals surface area (Å²) in [6.07, 6.45) is 0. The first kappa shape index (κ1) is 11.7. The van der Waals surface area contributed by atoms with Gasteiger partial charge in [-0.15, -0.1) is 5.92 Å². The fourth-order valence-corrected chi connectivity index (χ4v) is 2.15. The fourth-order valence-electron chi connectivity index (χ4n) is 2.15. The molecule has 0 saturated heterocycles. The van der Waals surface area contributed by atoms with E-state index < -0.39 is 0 Å². The first-order valence-corrected chi connectivity index (χ1v) is 5.98. The van der Waals surface area contributed by atoms with Gasteiger partial charge < -0.3 is 0 Å². The molecule has 0 atom stereocenters. The molecule has 0 aliphatic rings. The molecule has 0 heterocycles. The van der Waals surface area contributed by atoms with Crippen molar-refractivity contribution < 1.29 is 0 Å². The van der Waals surface area contributed by atoms with Crippen molar-refractivity contribution in [3.63, 3.8) is 0 Å². The van der Waals surface area contributed by atoms with Crippen LogP contribution in [-0.2, 0) is 5.41 Å². The van der Waals surface area contributed by atoms with Crippen LogP contribution in [0.5, 0.6) is 0 Å². The minimum Gasteiger partial charge on any atom is -0.101 e. The Labute approximate surface area is 104 Å². The maximum atomic E-state index is 3.16. The summed E-state index contributed by atoms with van der Waals surface area (Å²) >= 11 is 0. The Balaban J connectivity index is 2.81. The summed E-state index contributed by atoms with van der Waals surface area (Å²) in [6.45, 7) is 8.62. The molecule has 0 radical (unpaired) electrons. The predicted octanol–water partition coefficient (Wildman–Crippen LogP) is 4.51. The van der Waals surface area contributed by atoms with Crippen LogP contribution in [0, 0.1) is 11.8 Å². The lowest BCUT2D eigenvalue weighted by Gasteiger charge is -2.22. The van der Waals surface area contributed by atoms with Gasteiger partial charge in [0, 0.05) is 5.56 Å². The molecule has 86 valence electrons. The second-order valence-corrected chi connectivity index (χ2v) is 5.37. The first-order valence-electron chi connectivity index (χ1n) is 5.98. The summed E-state index contributed by atoms with van der Waals surface area (Å²) in [6, 6.07) is 12.9. The molecule has 0 heteroatoms. The van der Waals surface area contributed by atoms with Gasteiger partial charge in [0.05, 0.1) is 0 Å². The fraction of sp³-hybridized carbons (Fsp3) is 0.294. The van der Waals surface area contributed by atoms with E-state index in [0.717, 1.165) is 5.56 Å². The average Bonchev–Trinajstić information content (AvgIpc) is 2.27. The van der Waals surface area contributed by atoms with Crippen molar-refractivity contribution in [2.75, 3.05) is 0 Å². The molecule has 2 aromatic carbocycles. The van der Waals surface area contributed by atoms with E-state index in [4.69, 9.17) is 0 Å². The van der Waals surface area contributed by atoms with Gasteiger partial charge in [-0.1, -0.05) is 51.0 Å². The number of benzene rings is 2. The quantitative estimate of drug-likeness (QED) is 0.575. The summed E-state index contributed by atoms with van der Waals surface area (Å²) in [4.78, 5) is 0. The normalized spacial score (nSPS) is 11.1. The Bertz CT molecular complexity index is 601. The van der Waals surface area contributed by atoms with Crippen molar-refractivity contribution in [2.45, 2.75) is 33.1 Å². The topological polar surface area (TPSA) is 0 Å². The van der Waals surface area contributed by atoms with E-state index in [-0.39, 0.29) is 5.41 Å². The summed E-state index contributed by atoms with van der Waals surface area (Å²) in [5.74, 6) is 6.14. The molecule has 0 N–H and O–H groups in total. The highest BCUT2D eigenvalue weighted by Crippen LogP contribution is 2.31. The van der Waals surface area contributed by atoms with Crippen LogP contribution >= 0.6 is 0 Å². The lowest BCUT2D eigenvalue weighted by atomic mass is 9.82. The predicted molar refractivity (Wildman–Crippen MR) is 75.2 cm³/mol. The molecular weight excluding hydrogens is 204 g/mol. The molecule has 2 aromatic rings. The number of fused-ring (bicyclic) bond motifs is 1. The monoisotopic (exact) mass is 222 g/mol. The Morgan fingerprint density at radius 1 is 1.00 bits per heavy atom. The second-order valence-electron chi connectivity index (χ2n) is 5.37. The lowest BCUT2D eigenvalue weighted by molar-refractivity contribution is 0.596. The molecule has 17 heavy (non-hydrogen) atoms. The van der Waals surface area contributed by atoms with Crippen LogP contribution in [-0.4, -0.2) is 0 Å². The van der Waals surface area contributed by atoms with Gasteiger partial charge in [-0.3, -0.25) is 0 Å². The van der Waals surface area contributed by atoms with E-state index >= 15 is 0 Å². The third-order valence-electron chi connectivity index (χ3n) is 2.94. The molecule has 0 amide bonds. The van der Waals surface area contributed by atoms with Crippen LogP contribution in [0.2, 0.25) is 0 Å². The zero-order valence-corrected chi connectivity index (χ0v) is 11.0. The Kier molecular flexibility index (Phi) is 2.94. The summed E-state index contributed by atoms with van der Waals surface area (Å²) < 4.78 is 0. The van der Waals surface area contributed by atoms with Crippen LogP contribution < -0.4 is 0 Å². The highest BCUT2D eigenvalue weighted by Gasteiger charge is 2.17. The molecule has 0 spiro atoms. The molecule has 0 unspecified atom stereocenters.